The van der Waals surface area contributed by atoms with E-state index in [1.807, 2.05) is 24.5 Å². The number of pyridine rings is 1. The molecule has 1 N–H and O–H groups in total. The molecule has 2 heterocycles. The standard InChI is InChI=1S/C13H15N3O3S/c1-3-19-11-5-4-10(7-14-11)16-9(2)6-15-13(16)20-8-12(17)18/h4-7H,3,8H2,1-2H3,(H,17,18). The Balaban J connectivity index is 2.26. The van der Waals surface area contributed by atoms with Gasteiger partial charge in [-0.25, -0.2) is 9.97 Å². The van der Waals surface area contributed by atoms with Crippen LogP contribution < -0.4 is 4.74 Å². The lowest BCUT2D eigenvalue weighted by molar-refractivity contribution is -0.133. The van der Waals surface area contributed by atoms with E-state index in [0.29, 0.717) is 17.6 Å². The van der Waals surface area contributed by atoms with Gasteiger partial charge in [0, 0.05) is 18.0 Å². The Hall–Kier alpha value is -2.02. The molecule has 0 aliphatic carbocycles. The zero-order valence-electron chi connectivity index (χ0n) is 11.2. The van der Waals surface area contributed by atoms with E-state index in [9.17, 15) is 4.79 Å². The van der Waals surface area contributed by atoms with Crippen LogP contribution in [0, 0.1) is 6.92 Å². The van der Waals surface area contributed by atoms with Crippen molar-refractivity contribution in [1.29, 1.82) is 0 Å². The summed E-state index contributed by atoms with van der Waals surface area (Å²) in [5.74, 6) is -0.332. The summed E-state index contributed by atoms with van der Waals surface area (Å²) in [6.07, 6.45) is 3.39. The van der Waals surface area contributed by atoms with Crippen molar-refractivity contribution < 1.29 is 14.6 Å². The van der Waals surface area contributed by atoms with E-state index >= 15 is 0 Å². The van der Waals surface area contributed by atoms with E-state index in [4.69, 9.17) is 9.84 Å². The van der Waals surface area contributed by atoms with Crippen LogP contribution in [-0.4, -0.2) is 38.0 Å². The zero-order valence-corrected chi connectivity index (χ0v) is 12.1. The quantitative estimate of drug-likeness (QED) is 0.822. The predicted molar refractivity (Wildman–Crippen MR) is 75.6 cm³/mol. The molecule has 0 radical (unpaired) electrons. The highest BCUT2D eigenvalue weighted by molar-refractivity contribution is 7.99. The van der Waals surface area contributed by atoms with Gasteiger partial charge in [0.1, 0.15) is 0 Å². The summed E-state index contributed by atoms with van der Waals surface area (Å²) >= 11 is 1.18. The molecule has 2 aromatic heterocycles. The molecule has 2 aromatic rings. The summed E-state index contributed by atoms with van der Waals surface area (Å²) in [6.45, 7) is 4.38. The topological polar surface area (TPSA) is 77.2 Å². The van der Waals surface area contributed by atoms with Crippen molar-refractivity contribution in [2.24, 2.45) is 0 Å². The van der Waals surface area contributed by atoms with Crippen molar-refractivity contribution in [2.75, 3.05) is 12.4 Å². The highest BCUT2D eigenvalue weighted by Crippen LogP contribution is 2.23. The Morgan fingerprint density at radius 2 is 2.20 bits per heavy atom. The van der Waals surface area contributed by atoms with Crippen molar-refractivity contribution in [2.45, 2.75) is 19.0 Å². The van der Waals surface area contributed by atoms with E-state index in [1.54, 1.807) is 18.5 Å². The number of ether oxygens (including phenoxy) is 1. The maximum Gasteiger partial charge on any atom is 0.313 e. The molecule has 0 saturated heterocycles. The van der Waals surface area contributed by atoms with Crippen LogP contribution in [0.2, 0.25) is 0 Å². The second-order valence-electron chi connectivity index (χ2n) is 3.99. The SMILES string of the molecule is CCOc1ccc(-n2c(C)cnc2SCC(=O)O)cn1. The van der Waals surface area contributed by atoms with Crippen molar-refractivity contribution in [1.82, 2.24) is 14.5 Å². The van der Waals surface area contributed by atoms with Gasteiger partial charge in [-0.3, -0.25) is 9.36 Å². The van der Waals surface area contributed by atoms with Crippen LogP contribution in [0.1, 0.15) is 12.6 Å². The fourth-order valence-electron chi connectivity index (χ4n) is 1.70. The largest absolute Gasteiger partial charge is 0.481 e. The minimum absolute atomic E-state index is 0.0269. The molecular weight excluding hydrogens is 278 g/mol. The monoisotopic (exact) mass is 293 g/mol. The van der Waals surface area contributed by atoms with E-state index in [2.05, 4.69) is 9.97 Å². The van der Waals surface area contributed by atoms with Gasteiger partial charge < -0.3 is 9.84 Å². The van der Waals surface area contributed by atoms with E-state index in [-0.39, 0.29) is 5.75 Å². The second kappa shape index (κ2) is 6.42. The summed E-state index contributed by atoms with van der Waals surface area (Å²) in [4.78, 5) is 19.1. The van der Waals surface area contributed by atoms with Crippen LogP contribution >= 0.6 is 11.8 Å². The fourth-order valence-corrected chi connectivity index (χ4v) is 2.45. The third-order valence-electron chi connectivity index (χ3n) is 2.50. The third kappa shape index (κ3) is 3.30. The fraction of sp³-hybridized carbons (Fsp3) is 0.308. The molecule has 0 fully saturated rings. The number of carbonyl (C=O) groups is 1. The maximum absolute atomic E-state index is 10.7. The molecule has 7 heteroatoms. The van der Waals surface area contributed by atoms with Gasteiger partial charge in [0.2, 0.25) is 5.88 Å². The predicted octanol–water partition coefficient (Wildman–Crippen LogP) is 2.15. The molecule has 20 heavy (non-hydrogen) atoms. The molecule has 0 bridgehead atoms. The van der Waals surface area contributed by atoms with Crippen molar-refractivity contribution in [3.63, 3.8) is 0 Å². The Labute approximate surface area is 120 Å². The Morgan fingerprint density at radius 3 is 2.80 bits per heavy atom. The summed E-state index contributed by atoms with van der Waals surface area (Å²) in [6, 6.07) is 3.65. The van der Waals surface area contributed by atoms with Gasteiger partial charge in [0.15, 0.2) is 5.16 Å². The minimum atomic E-state index is -0.868. The molecule has 0 unspecified atom stereocenters. The number of aliphatic carboxylic acids is 1. The average Bonchev–Trinajstić information content (AvgIpc) is 2.79. The second-order valence-corrected chi connectivity index (χ2v) is 4.93. The van der Waals surface area contributed by atoms with E-state index in [1.165, 1.54) is 11.8 Å². The summed E-state index contributed by atoms with van der Waals surface area (Å²) in [7, 11) is 0. The van der Waals surface area contributed by atoms with Crippen molar-refractivity contribution >= 4 is 17.7 Å². The average molecular weight is 293 g/mol. The molecule has 0 atom stereocenters. The van der Waals surface area contributed by atoms with Crippen LogP contribution in [0.15, 0.2) is 29.7 Å². The molecule has 2 rings (SSSR count). The van der Waals surface area contributed by atoms with Crippen LogP contribution in [0.4, 0.5) is 0 Å². The summed E-state index contributed by atoms with van der Waals surface area (Å²) in [5, 5.41) is 9.39. The van der Waals surface area contributed by atoms with Gasteiger partial charge in [-0.1, -0.05) is 11.8 Å². The zero-order chi connectivity index (χ0) is 14.5. The number of rotatable bonds is 6. The van der Waals surface area contributed by atoms with Crippen molar-refractivity contribution in [3.05, 3.63) is 30.2 Å². The van der Waals surface area contributed by atoms with Gasteiger partial charge in [-0.05, 0) is 19.9 Å². The first-order chi connectivity index (χ1) is 9.61. The molecule has 0 amide bonds. The number of imidazole rings is 1. The maximum atomic E-state index is 10.7. The molecule has 0 aromatic carbocycles. The highest BCUT2D eigenvalue weighted by Gasteiger charge is 2.11. The van der Waals surface area contributed by atoms with Gasteiger partial charge >= 0.3 is 5.97 Å². The lowest BCUT2D eigenvalue weighted by Gasteiger charge is -2.09. The first-order valence-corrected chi connectivity index (χ1v) is 7.08. The minimum Gasteiger partial charge on any atom is -0.481 e. The normalized spacial score (nSPS) is 10.5. The van der Waals surface area contributed by atoms with Crippen LogP contribution in [0.25, 0.3) is 5.69 Å². The number of aromatic nitrogens is 3. The summed E-state index contributed by atoms with van der Waals surface area (Å²) in [5.41, 5.74) is 1.75. The number of nitrogens with zero attached hydrogens (tertiary/aromatic N) is 3. The van der Waals surface area contributed by atoms with Crippen LogP contribution in [-0.2, 0) is 4.79 Å². The highest BCUT2D eigenvalue weighted by atomic mass is 32.2. The molecule has 0 aliphatic rings. The van der Waals surface area contributed by atoms with Gasteiger partial charge in [0.25, 0.3) is 0 Å². The number of hydrogen-bond acceptors (Lipinski definition) is 5. The number of hydrogen-bond donors (Lipinski definition) is 1. The molecule has 0 spiro atoms. The first-order valence-electron chi connectivity index (χ1n) is 6.10. The van der Waals surface area contributed by atoms with E-state index < -0.39 is 5.97 Å². The number of carboxylic acids is 1. The first kappa shape index (κ1) is 14.4. The van der Waals surface area contributed by atoms with Crippen LogP contribution in [0.5, 0.6) is 5.88 Å². The Morgan fingerprint density at radius 1 is 1.40 bits per heavy atom. The lowest BCUT2D eigenvalue weighted by Crippen LogP contribution is -2.03. The van der Waals surface area contributed by atoms with Gasteiger partial charge in [-0.2, -0.15) is 0 Å². The van der Waals surface area contributed by atoms with Gasteiger partial charge in [0.05, 0.1) is 24.2 Å². The van der Waals surface area contributed by atoms with Crippen molar-refractivity contribution in [3.8, 4) is 11.6 Å². The molecule has 6 nitrogen and oxygen atoms in total. The third-order valence-corrected chi connectivity index (χ3v) is 3.44. The van der Waals surface area contributed by atoms with Gasteiger partial charge in [-0.15, -0.1) is 0 Å². The number of carboxylic acid groups (broad SMARTS) is 1. The van der Waals surface area contributed by atoms with Crippen LogP contribution in [0.3, 0.4) is 0 Å². The molecular formula is C13H15N3O3S. The Kier molecular flexibility index (Phi) is 4.62. The molecule has 106 valence electrons. The van der Waals surface area contributed by atoms with E-state index in [0.717, 1.165) is 11.4 Å². The summed E-state index contributed by atoms with van der Waals surface area (Å²) < 4.78 is 7.17. The smallest absolute Gasteiger partial charge is 0.313 e. The molecule has 0 saturated carbocycles. The number of aryl methyl sites for hydroxylation is 1. The Bertz CT molecular complexity index is 595. The number of thioether (sulfide) groups is 1. The molecule has 0 aliphatic heterocycles. The lowest BCUT2D eigenvalue weighted by atomic mass is 10.4.